The van der Waals surface area contributed by atoms with Gasteiger partial charge in [0.15, 0.2) is 0 Å². The van der Waals surface area contributed by atoms with Crippen LogP contribution in [0.3, 0.4) is 0 Å². The second-order valence-corrected chi connectivity index (χ2v) is 7.54. The molecule has 122 valence electrons. The van der Waals surface area contributed by atoms with E-state index in [1.165, 1.54) is 16.0 Å². The minimum Gasteiger partial charge on any atom is -0.355 e. The lowest BCUT2D eigenvalue weighted by atomic mass is 10.1. The Kier molecular flexibility index (Phi) is 7.56. The summed E-state index contributed by atoms with van der Waals surface area (Å²) in [5, 5.41) is 2.99. The van der Waals surface area contributed by atoms with Crippen molar-refractivity contribution < 1.29 is 4.79 Å². The number of benzene rings is 2. The van der Waals surface area contributed by atoms with E-state index in [4.69, 9.17) is 0 Å². The summed E-state index contributed by atoms with van der Waals surface area (Å²) in [7, 11) is 0. The molecule has 1 unspecified atom stereocenters. The molecular weight excluding hydrogens is 322 g/mol. The van der Waals surface area contributed by atoms with Gasteiger partial charge in [0.1, 0.15) is 0 Å². The maximum atomic E-state index is 12.1. The van der Waals surface area contributed by atoms with Crippen LogP contribution in [0, 0.1) is 0 Å². The van der Waals surface area contributed by atoms with Crippen LogP contribution in [-0.2, 0) is 17.0 Å². The predicted octanol–water partition coefficient (Wildman–Crippen LogP) is 4.39. The Balaban J connectivity index is 1.69. The van der Waals surface area contributed by atoms with Crippen LogP contribution in [0.15, 0.2) is 59.5 Å². The summed E-state index contributed by atoms with van der Waals surface area (Å²) in [5.74, 6) is 0.980. The van der Waals surface area contributed by atoms with Gasteiger partial charge in [-0.05, 0) is 42.9 Å². The maximum absolute atomic E-state index is 12.1. The summed E-state index contributed by atoms with van der Waals surface area (Å²) in [6, 6.07) is 18.8. The highest BCUT2D eigenvalue weighted by Crippen LogP contribution is 2.20. The lowest BCUT2D eigenvalue weighted by Gasteiger charge is -2.12. The third kappa shape index (κ3) is 6.32. The Hall–Kier alpha value is -1.39. The van der Waals surface area contributed by atoms with Crippen molar-refractivity contribution in [1.82, 2.24) is 5.32 Å². The molecule has 2 aromatic carbocycles. The Morgan fingerprint density at radius 2 is 1.74 bits per heavy atom. The van der Waals surface area contributed by atoms with Crippen molar-refractivity contribution in [2.75, 3.05) is 12.8 Å². The molecule has 0 heterocycles. The minimum atomic E-state index is -0.0361. The fourth-order valence-corrected chi connectivity index (χ4v) is 3.41. The molecule has 2 rings (SSSR count). The van der Waals surface area contributed by atoms with Crippen LogP contribution >= 0.6 is 23.5 Å². The summed E-state index contributed by atoms with van der Waals surface area (Å²) in [6.45, 7) is 2.66. The molecule has 0 fully saturated rings. The van der Waals surface area contributed by atoms with Gasteiger partial charge in [-0.3, -0.25) is 4.79 Å². The Morgan fingerprint density at radius 3 is 2.39 bits per heavy atom. The van der Waals surface area contributed by atoms with Crippen LogP contribution in [-0.4, -0.2) is 24.0 Å². The number of rotatable bonds is 8. The smallest absolute Gasteiger partial charge is 0.232 e. The number of thioether (sulfide) groups is 2. The van der Waals surface area contributed by atoms with E-state index in [2.05, 4.69) is 48.0 Å². The normalized spacial score (nSPS) is 11.9. The van der Waals surface area contributed by atoms with Gasteiger partial charge >= 0.3 is 0 Å². The van der Waals surface area contributed by atoms with Crippen LogP contribution in [0.2, 0.25) is 0 Å². The maximum Gasteiger partial charge on any atom is 0.232 e. The highest BCUT2D eigenvalue weighted by molar-refractivity contribution is 7.99. The lowest BCUT2D eigenvalue weighted by Crippen LogP contribution is -2.32. The Labute approximate surface area is 147 Å². The standard InChI is InChI=1S/C19H23NOS2/c1-15(23-14-17-8-10-18(22-2)11-9-17)19(21)20-13-12-16-6-4-3-5-7-16/h3-11,15H,12-14H2,1-2H3,(H,20,21). The molecule has 0 radical (unpaired) electrons. The summed E-state index contributed by atoms with van der Waals surface area (Å²) in [4.78, 5) is 13.4. The number of nitrogens with one attached hydrogen (secondary N) is 1. The quantitative estimate of drug-likeness (QED) is 0.720. The van der Waals surface area contributed by atoms with Gasteiger partial charge in [-0.2, -0.15) is 0 Å². The van der Waals surface area contributed by atoms with Crippen LogP contribution in [0.4, 0.5) is 0 Å². The third-order valence-electron chi connectivity index (χ3n) is 3.58. The van der Waals surface area contributed by atoms with Gasteiger partial charge in [0.25, 0.3) is 0 Å². The lowest BCUT2D eigenvalue weighted by molar-refractivity contribution is -0.120. The number of carbonyl (C=O) groups is 1. The first-order valence-electron chi connectivity index (χ1n) is 7.75. The first-order chi connectivity index (χ1) is 11.2. The average molecular weight is 346 g/mol. The van der Waals surface area contributed by atoms with E-state index in [1.807, 2.05) is 25.1 Å². The summed E-state index contributed by atoms with van der Waals surface area (Å²) >= 11 is 3.42. The SMILES string of the molecule is CSc1ccc(CSC(C)C(=O)NCCc2ccccc2)cc1. The van der Waals surface area contributed by atoms with Gasteiger partial charge in [0, 0.05) is 17.2 Å². The van der Waals surface area contributed by atoms with E-state index < -0.39 is 0 Å². The summed E-state index contributed by atoms with van der Waals surface area (Å²) in [6.07, 6.45) is 2.95. The monoisotopic (exact) mass is 345 g/mol. The number of hydrogen-bond donors (Lipinski definition) is 1. The molecular formula is C19H23NOS2. The molecule has 0 aliphatic carbocycles. The van der Waals surface area contributed by atoms with Crippen molar-refractivity contribution >= 4 is 29.4 Å². The molecule has 2 nitrogen and oxygen atoms in total. The molecule has 0 saturated carbocycles. The predicted molar refractivity (Wildman–Crippen MR) is 102 cm³/mol. The van der Waals surface area contributed by atoms with E-state index in [0.29, 0.717) is 6.54 Å². The van der Waals surface area contributed by atoms with Crippen molar-refractivity contribution in [3.8, 4) is 0 Å². The zero-order chi connectivity index (χ0) is 16.5. The van der Waals surface area contributed by atoms with Crippen molar-refractivity contribution in [2.45, 2.75) is 29.2 Å². The number of carbonyl (C=O) groups excluding carboxylic acids is 1. The molecule has 0 aliphatic heterocycles. The van der Waals surface area contributed by atoms with Crippen molar-refractivity contribution in [2.24, 2.45) is 0 Å². The molecule has 23 heavy (non-hydrogen) atoms. The van der Waals surface area contributed by atoms with Crippen LogP contribution in [0.5, 0.6) is 0 Å². The summed E-state index contributed by atoms with van der Waals surface area (Å²) in [5.41, 5.74) is 2.51. The van der Waals surface area contributed by atoms with E-state index in [9.17, 15) is 4.79 Å². The molecule has 1 amide bonds. The Morgan fingerprint density at radius 1 is 1.04 bits per heavy atom. The average Bonchev–Trinajstić information content (AvgIpc) is 2.61. The second-order valence-electron chi connectivity index (χ2n) is 5.33. The minimum absolute atomic E-state index is 0.0361. The third-order valence-corrected chi connectivity index (χ3v) is 5.54. The van der Waals surface area contributed by atoms with Crippen molar-refractivity contribution in [3.05, 3.63) is 65.7 Å². The molecule has 0 spiro atoms. The van der Waals surface area contributed by atoms with E-state index in [-0.39, 0.29) is 11.2 Å². The van der Waals surface area contributed by atoms with Crippen molar-refractivity contribution in [1.29, 1.82) is 0 Å². The molecule has 0 saturated heterocycles. The van der Waals surface area contributed by atoms with E-state index in [1.54, 1.807) is 23.5 Å². The zero-order valence-corrected chi connectivity index (χ0v) is 15.3. The van der Waals surface area contributed by atoms with Gasteiger partial charge in [0.2, 0.25) is 5.91 Å². The number of hydrogen-bond acceptors (Lipinski definition) is 3. The fourth-order valence-electron chi connectivity index (χ4n) is 2.14. The molecule has 0 bridgehead atoms. The molecule has 1 N–H and O–H groups in total. The zero-order valence-electron chi connectivity index (χ0n) is 13.6. The largest absolute Gasteiger partial charge is 0.355 e. The van der Waals surface area contributed by atoms with Crippen molar-refractivity contribution in [3.63, 3.8) is 0 Å². The summed E-state index contributed by atoms with van der Waals surface area (Å²) < 4.78 is 0. The van der Waals surface area contributed by atoms with E-state index in [0.717, 1.165) is 12.2 Å². The molecule has 4 heteroatoms. The molecule has 1 atom stereocenters. The van der Waals surface area contributed by atoms with Crippen LogP contribution < -0.4 is 5.32 Å². The fraction of sp³-hybridized carbons (Fsp3) is 0.316. The molecule has 0 aliphatic rings. The van der Waals surface area contributed by atoms with Gasteiger partial charge in [-0.1, -0.05) is 42.5 Å². The molecule has 0 aromatic heterocycles. The number of amides is 1. The van der Waals surface area contributed by atoms with Gasteiger partial charge in [-0.15, -0.1) is 23.5 Å². The first-order valence-corrected chi connectivity index (χ1v) is 10.0. The topological polar surface area (TPSA) is 29.1 Å². The van der Waals surface area contributed by atoms with Gasteiger partial charge in [0.05, 0.1) is 5.25 Å². The highest BCUT2D eigenvalue weighted by Gasteiger charge is 2.12. The second kappa shape index (κ2) is 9.68. The molecule has 2 aromatic rings. The van der Waals surface area contributed by atoms with Gasteiger partial charge in [-0.25, -0.2) is 0 Å². The first kappa shape index (κ1) is 18.0. The van der Waals surface area contributed by atoms with Crippen LogP contribution in [0.25, 0.3) is 0 Å². The van der Waals surface area contributed by atoms with Crippen LogP contribution in [0.1, 0.15) is 18.1 Å². The Bertz CT molecular complexity index is 599. The highest BCUT2D eigenvalue weighted by atomic mass is 32.2. The van der Waals surface area contributed by atoms with Gasteiger partial charge < -0.3 is 5.32 Å². The van der Waals surface area contributed by atoms with E-state index >= 15 is 0 Å².